The molecule has 0 spiro atoms. The van der Waals surface area contributed by atoms with Crippen molar-refractivity contribution in [2.24, 2.45) is 0 Å². The van der Waals surface area contributed by atoms with E-state index in [4.69, 9.17) is 14.3 Å². The third-order valence-corrected chi connectivity index (χ3v) is 6.30. The fraction of sp³-hybridized carbons (Fsp3) is 0.444. The molecule has 1 rings (SSSR count). The molecule has 1 aromatic heterocycles. The zero-order chi connectivity index (χ0) is 15.6. The lowest BCUT2D eigenvalue weighted by atomic mass is 10.2. The maximum atomic E-state index is 11.3. The van der Waals surface area contributed by atoms with Crippen molar-refractivity contribution < 1.29 is 37.0 Å². The van der Waals surface area contributed by atoms with Crippen LogP contribution in [0, 0.1) is 0 Å². The molecule has 1 atom stereocenters. The summed E-state index contributed by atoms with van der Waals surface area (Å²) in [6.45, 7) is 0.335. The van der Waals surface area contributed by atoms with E-state index in [-0.39, 0.29) is 5.69 Å². The van der Waals surface area contributed by atoms with Crippen LogP contribution in [0.3, 0.4) is 0 Å². The molecular weight excluding hydrogens is 329 g/mol. The van der Waals surface area contributed by atoms with Crippen LogP contribution in [0.2, 0.25) is 0 Å². The molecule has 4 N–H and O–H groups in total. The minimum Gasteiger partial charge on any atom is -0.363 e. The van der Waals surface area contributed by atoms with E-state index >= 15 is 0 Å². The predicted octanol–water partition coefficient (Wildman–Crippen LogP) is -0.842. The summed E-state index contributed by atoms with van der Waals surface area (Å²) >= 11 is 4.00. The largest absolute Gasteiger partial charge is 0.375 e. The van der Waals surface area contributed by atoms with E-state index in [1.807, 2.05) is 0 Å². The summed E-state index contributed by atoms with van der Waals surface area (Å²) in [6, 6.07) is 4.51. The van der Waals surface area contributed by atoms with Crippen LogP contribution in [-0.4, -0.2) is 38.3 Å². The highest BCUT2D eigenvalue weighted by atomic mass is 32.2. The van der Waals surface area contributed by atoms with E-state index in [2.05, 4.69) is 12.6 Å². The first kappa shape index (κ1) is 17.6. The van der Waals surface area contributed by atoms with Gasteiger partial charge in [-0.2, -0.15) is 21.0 Å². The Morgan fingerprint density at radius 1 is 1.35 bits per heavy atom. The number of rotatable bonds is 6. The molecule has 1 aromatic rings. The van der Waals surface area contributed by atoms with Crippen molar-refractivity contribution in [3.05, 3.63) is 30.1 Å². The lowest BCUT2D eigenvalue weighted by molar-refractivity contribution is -0.700. The van der Waals surface area contributed by atoms with Crippen LogP contribution >= 0.6 is 20.2 Å². The summed E-state index contributed by atoms with van der Waals surface area (Å²) < 4.78 is 40.4. The Morgan fingerprint density at radius 3 is 2.40 bits per heavy atom. The van der Waals surface area contributed by atoms with Gasteiger partial charge in [-0.3, -0.25) is 9.12 Å². The minimum atomic E-state index is -5.53. The maximum absolute atomic E-state index is 11.3. The highest BCUT2D eigenvalue weighted by molar-refractivity contribution is 7.94. The summed E-state index contributed by atoms with van der Waals surface area (Å²) in [4.78, 5) is 18.1. The molecule has 0 aliphatic rings. The summed E-state index contributed by atoms with van der Waals surface area (Å²) in [6.07, 6.45) is 0.584. The molecule has 114 valence electrons. The van der Waals surface area contributed by atoms with Gasteiger partial charge in [0.15, 0.2) is 18.4 Å². The van der Waals surface area contributed by atoms with Crippen molar-refractivity contribution in [3.8, 4) is 0 Å². The second-order valence-corrected chi connectivity index (χ2v) is 8.25. The van der Waals surface area contributed by atoms with Crippen LogP contribution in [0.15, 0.2) is 24.4 Å². The highest BCUT2D eigenvalue weighted by Gasteiger charge is 2.58. The highest BCUT2D eigenvalue weighted by Crippen LogP contribution is 2.53. The molecule has 0 bridgehead atoms. The zero-order valence-electron chi connectivity index (χ0n) is 10.2. The van der Waals surface area contributed by atoms with Gasteiger partial charge in [-0.05, 0) is 0 Å². The predicted molar refractivity (Wildman–Crippen MR) is 72.7 cm³/mol. The molecule has 0 aliphatic heterocycles. The summed E-state index contributed by atoms with van der Waals surface area (Å²) in [5.41, 5.74) is 0.130. The van der Waals surface area contributed by atoms with Crippen molar-refractivity contribution in [2.45, 2.75) is 17.6 Å². The van der Waals surface area contributed by atoms with E-state index in [1.165, 1.54) is 22.9 Å². The lowest BCUT2D eigenvalue weighted by Crippen LogP contribution is -2.46. The molecule has 1 heterocycles. The van der Waals surface area contributed by atoms with Crippen molar-refractivity contribution in [1.29, 1.82) is 0 Å². The fourth-order valence-corrected chi connectivity index (χ4v) is 3.69. The summed E-state index contributed by atoms with van der Waals surface area (Å²) in [5, 5.41) is 9.80. The Hall–Kier alpha value is -0.480. The first-order chi connectivity index (χ1) is 9.03. The SMILES string of the molecule is O=P(O)(O)C(O)(Cc1cccc[n+]1CCS)S(=O)(=O)O. The number of aryl methyl sites for hydroxylation is 1. The Labute approximate surface area is 121 Å². The molecular formula is C9H15NO7PS2+. The normalized spacial score (nSPS) is 15.8. The number of pyridine rings is 1. The third-order valence-electron chi connectivity index (χ3n) is 2.66. The molecule has 0 aromatic carbocycles. The van der Waals surface area contributed by atoms with Gasteiger partial charge in [0.2, 0.25) is 0 Å². The molecule has 0 fully saturated rings. The molecule has 11 heteroatoms. The first-order valence-corrected chi connectivity index (χ1v) is 9.04. The maximum Gasteiger partial charge on any atom is 0.375 e. The number of hydrogen-bond acceptors (Lipinski definition) is 5. The van der Waals surface area contributed by atoms with E-state index < -0.39 is 28.8 Å². The van der Waals surface area contributed by atoms with Gasteiger partial charge in [-0.25, -0.2) is 4.57 Å². The summed E-state index contributed by atoms with van der Waals surface area (Å²) in [7, 11) is -10.9. The number of hydrogen-bond donors (Lipinski definition) is 5. The smallest absolute Gasteiger partial charge is 0.363 e. The molecule has 0 saturated heterocycles. The van der Waals surface area contributed by atoms with Crippen LogP contribution in [0.4, 0.5) is 0 Å². The molecule has 20 heavy (non-hydrogen) atoms. The molecule has 8 nitrogen and oxygen atoms in total. The average molecular weight is 344 g/mol. The number of aromatic nitrogens is 1. The first-order valence-electron chi connectivity index (χ1n) is 5.36. The topological polar surface area (TPSA) is 136 Å². The van der Waals surface area contributed by atoms with Crippen LogP contribution in [0.5, 0.6) is 0 Å². The molecule has 0 radical (unpaired) electrons. The Kier molecular flexibility index (Phi) is 5.36. The number of thiol groups is 1. The van der Waals surface area contributed by atoms with E-state index in [0.29, 0.717) is 12.3 Å². The number of nitrogens with zero attached hydrogens (tertiary/aromatic N) is 1. The summed E-state index contributed by atoms with van der Waals surface area (Å²) in [5.74, 6) is 0.391. The Morgan fingerprint density at radius 2 is 1.95 bits per heavy atom. The monoisotopic (exact) mass is 344 g/mol. The Balaban J connectivity index is 3.33. The standard InChI is InChI=1S/C9H14NO7PS2/c11-9(18(12,13)14,20(15,16)17)7-8-3-1-2-4-10(8)5-6-19/h1-4,11H,5-7H2,(H3-,12,13,14,15,16,17,19)/p+1. The van der Waals surface area contributed by atoms with Crippen molar-refractivity contribution >= 4 is 30.3 Å². The molecule has 0 saturated carbocycles. The third kappa shape index (κ3) is 3.59. The van der Waals surface area contributed by atoms with Gasteiger partial charge >= 0.3 is 22.4 Å². The van der Waals surface area contributed by atoms with Gasteiger partial charge in [0.25, 0.3) is 0 Å². The second kappa shape index (κ2) is 6.10. The van der Waals surface area contributed by atoms with Gasteiger partial charge in [0, 0.05) is 17.9 Å². The van der Waals surface area contributed by atoms with Crippen LogP contribution in [0.1, 0.15) is 5.69 Å². The van der Waals surface area contributed by atoms with E-state index in [9.17, 15) is 18.1 Å². The van der Waals surface area contributed by atoms with Gasteiger partial charge in [0.05, 0.1) is 6.42 Å². The Bertz CT molecular complexity index is 629. The number of aliphatic hydroxyl groups is 1. The van der Waals surface area contributed by atoms with Gasteiger partial charge in [-0.15, -0.1) is 0 Å². The van der Waals surface area contributed by atoms with Gasteiger partial charge in [-0.1, -0.05) is 6.07 Å². The van der Waals surface area contributed by atoms with Crippen molar-refractivity contribution in [1.82, 2.24) is 0 Å². The van der Waals surface area contributed by atoms with Crippen LogP contribution in [0.25, 0.3) is 0 Å². The van der Waals surface area contributed by atoms with Gasteiger partial charge in [0.1, 0.15) is 0 Å². The van der Waals surface area contributed by atoms with Crippen LogP contribution < -0.4 is 4.57 Å². The second-order valence-electron chi connectivity index (χ2n) is 4.05. The quantitative estimate of drug-likeness (QED) is 0.196. The lowest BCUT2D eigenvalue weighted by Gasteiger charge is -2.24. The fourth-order valence-electron chi connectivity index (χ4n) is 1.58. The zero-order valence-corrected chi connectivity index (χ0v) is 12.8. The van der Waals surface area contributed by atoms with Crippen LogP contribution in [-0.2, 0) is 27.6 Å². The van der Waals surface area contributed by atoms with Crippen molar-refractivity contribution in [3.63, 3.8) is 0 Å². The molecule has 0 aliphatic carbocycles. The van der Waals surface area contributed by atoms with E-state index in [1.54, 1.807) is 6.07 Å². The van der Waals surface area contributed by atoms with E-state index in [0.717, 1.165) is 0 Å². The molecule has 0 amide bonds. The minimum absolute atomic E-state index is 0.130. The van der Waals surface area contributed by atoms with Gasteiger partial charge < -0.3 is 14.9 Å². The molecule has 1 unspecified atom stereocenters. The average Bonchev–Trinajstić information content (AvgIpc) is 2.29. The van der Waals surface area contributed by atoms with Crippen molar-refractivity contribution in [2.75, 3.05) is 5.75 Å².